The average molecular weight is 918 g/mol. The smallest absolute Gasteiger partial charge is 0.336 e. The highest BCUT2D eigenvalue weighted by Gasteiger charge is 2.30. The normalized spacial score (nSPS) is 12.3. The standard InChI is InChI=1S/C48H55N9O10/c1-26(2)18-38(45(64)56-37(44(63)51-3)10-7-17-52-48(49)50)57-46(65)39(19-27-8-5-4-6-9-27)55-41(61)25-53-40(60)24-54-43(62)28-11-14-35(36(23-28)47(66)67)42-33-15-12-31(58)21-29(33)20-30-22-32(59)13-16-34(30)42/h4-6,8-9,11-16,20-23,26,37-39,58-59H,7,10,17-19,24-25H2,1-3H3,(H,51,63)(H,53,60)(H,54,62)(H,55,61)(H,56,64)(H,57,65)(H,66,67)(H4,49,50,52)/t37-,38-,39+/m0/s1. The fraction of sp³-hybridized carbons (Fsp3) is 0.292. The number of carbonyl (C=O) groups is 7. The Morgan fingerprint density at radius 3 is 1.88 bits per heavy atom. The highest BCUT2D eigenvalue weighted by molar-refractivity contribution is 6.16. The number of aromatic hydroxyl groups is 2. The van der Waals surface area contributed by atoms with Crippen LogP contribution in [0.4, 0.5) is 0 Å². The molecule has 0 saturated carbocycles. The lowest BCUT2D eigenvalue weighted by Crippen LogP contribution is -2.57. The number of aliphatic imine (C=N–C) groups is 1. The summed E-state index contributed by atoms with van der Waals surface area (Å²) in [6.07, 6.45) is 0.796. The van der Waals surface area contributed by atoms with Crippen LogP contribution >= 0.6 is 0 Å². The average Bonchev–Trinajstić information content (AvgIpc) is 3.29. The molecule has 0 saturated heterocycles. The molecule has 13 N–H and O–H groups in total. The van der Waals surface area contributed by atoms with Gasteiger partial charge in [0.25, 0.3) is 5.91 Å². The first-order valence-corrected chi connectivity index (χ1v) is 21.5. The number of likely N-dealkylation sites (N-methyl/N-ethyl adjacent to an activating group) is 1. The number of nitrogens with two attached hydrogens (primary N) is 2. The molecule has 5 rings (SSSR count). The third kappa shape index (κ3) is 13.9. The molecule has 67 heavy (non-hydrogen) atoms. The van der Waals surface area contributed by atoms with Crippen LogP contribution in [-0.4, -0.2) is 107 Å². The van der Waals surface area contributed by atoms with Gasteiger partial charge >= 0.3 is 5.97 Å². The van der Waals surface area contributed by atoms with E-state index in [9.17, 15) is 48.9 Å². The Hall–Kier alpha value is -8.22. The van der Waals surface area contributed by atoms with Gasteiger partial charge in [0.2, 0.25) is 29.5 Å². The van der Waals surface area contributed by atoms with E-state index in [1.54, 1.807) is 48.5 Å². The number of hydrogen-bond acceptors (Lipinski definition) is 10. The molecule has 5 aromatic rings. The molecular formula is C48H55N9O10. The van der Waals surface area contributed by atoms with Gasteiger partial charge in [-0.3, -0.25) is 33.8 Å². The Kier molecular flexibility index (Phi) is 17.2. The Balaban J connectivity index is 1.24. The van der Waals surface area contributed by atoms with E-state index in [1.165, 1.54) is 49.5 Å². The number of fused-ring (bicyclic) bond motifs is 2. The third-order valence-corrected chi connectivity index (χ3v) is 10.7. The first kappa shape index (κ1) is 49.8. The predicted molar refractivity (Wildman–Crippen MR) is 252 cm³/mol. The Morgan fingerprint density at radius 1 is 0.672 bits per heavy atom. The minimum atomic E-state index is -1.34. The molecule has 0 aliphatic rings. The van der Waals surface area contributed by atoms with Gasteiger partial charge in [-0.25, -0.2) is 4.79 Å². The first-order valence-electron chi connectivity index (χ1n) is 21.5. The summed E-state index contributed by atoms with van der Waals surface area (Å²) in [7, 11) is 1.43. The van der Waals surface area contributed by atoms with Gasteiger partial charge in [-0.2, -0.15) is 0 Å². The number of aromatic carboxylic acids is 1. The second kappa shape index (κ2) is 23.1. The Morgan fingerprint density at radius 2 is 1.28 bits per heavy atom. The number of nitrogens with one attached hydrogen (secondary N) is 6. The van der Waals surface area contributed by atoms with Gasteiger partial charge in [-0.15, -0.1) is 0 Å². The lowest BCUT2D eigenvalue weighted by Gasteiger charge is -2.26. The molecule has 3 atom stereocenters. The summed E-state index contributed by atoms with van der Waals surface area (Å²) in [4.78, 5) is 96.1. The largest absolute Gasteiger partial charge is 0.508 e. The van der Waals surface area contributed by atoms with Gasteiger partial charge in [0.05, 0.1) is 18.7 Å². The molecule has 0 aliphatic carbocycles. The molecule has 19 heteroatoms. The fourth-order valence-corrected chi connectivity index (χ4v) is 7.48. The highest BCUT2D eigenvalue weighted by Crippen LogP contribution is 2.40. The topological polar surface area (TPSA) is 317 Å². The van der Waals surface area contributed by atoms with Crippen LogP contribution < -0.4 is 43.4 Å². The molecule has 0 aromatic heterocycles. The van der Waals surface area contributed by atoms with Crippen LogP contribution in [-0.2, 0) is 30.4 Å². The number of phenolic OH excluding ortho intramolecular Hbond substituents is 2. The van der Waals surface area contributed by atoms with Gasteiger partial charge in [-0.05, 0) is 106 Å². The summed E-state index contributed by atoms with van der Waals surface area (Å²) in [6, 6.07) is 20.6. The van der Waals surface area contributed by atoms with E-state index in [0.29, 0.717) is 39.1 Å². The minimum absolute atomic E-state index is 0.0123. The van der Waals surface area contributed by atoms with E-state index >= 15 is 0 Å². The number of carboxylic acids is 1. The summed E-state index contributed by atoms with van der Waals surface area (Å²) in [5, 5.41) is 48.4. The van der Waals surface area contributed by atoms with Crippen molar-refractivity contribution in [1.29, 1.82) is 0 Å². The second-order valence-corrected chi connectivity index (χ2v) is 16.2. The molecule has 0 radical (unpaired) electrons. The Bertz CT molecular complexity index is 2630. The molecule has 0 unspecified atom stereocenters. The van der Waals surface area contributed by atoms with Crippen LogP contribution in [0, 0.1) is 5.92 Å². The summed E-state index contributed by atoms with van der Waals surface area (Å²) >= 11 is 0. The molecule has 19 nitrogen and oxygen atoms in total. The molecule has 5 aromatic carbocycles. The SMILES string of the molecule is CNC(=O)[C@H](CCCN=C(N)N)NC(=O)[C@H](CC(C)C)NC(=O)[C@@H](Cc1ccccc1)NC(=O)CNC(=O)CNC(=O)c1ccc(-c2c3ccc(O)cc3cc3cc(O)ccc23)c(C(=O)O)c1. The summed E-state index contributed by atoms with van der Waals surface area (Å²) in [6.45, 7) is 2.75. The maximum atomic E-state index is 13.9. The van der Waals surface area contributed by atoms with Gasteiger partial charge < -0.3 is 58.7 Å². The van der Waals surface area contributed by atoms with E-state index < -0.39 is 72.6 Å². The van der Waals surface area contributed by atoms with E-state index in [2.05, 4.69) is 36.9 Å². The fourth-order valence-electron chi connectivity index (χ4n) is 7.48. The van der Waals surface area contributed by atoms with Crippen molar-refractivity contribution < 1.29 is 48.9 Å². The zero-order valence-electron chi connectivity index (χ0n) is 37.2. The molecule has 0 aliphatic heterocycles. The van der Waals surface area contributed by atoms with E-state index in [4.69, 9.17) is 11.5 Å². The predicted octanol–water partition coefficient (Wildman–Crippen LogP) is 2.16. The third-order valence-electron chi connectivity index (χ3n) is 10.7. The number of amides is 6. The number of rotatable bonds is 21. The van der Waals surface area contributed by atoms with Crippen LogP contribution in [0.15, 0.2) is 96.0 Å². The summed E-state index contributed by atoms with van der Waals surface area (Å²) < 4.78 is 0. The van der Waals surface area contributed by atoms with Crippen molar-refractivity contribution in [2.75, 3.05) is 26.7 Å². The molecule has 0 spiro atoms. The van der Waals surface area contributed by atoms with E-state index in [1.807, 2.05) is 13.8 Å². The molecule has 6 amide bonds. The molecule has 0 heterocycles. The zero-order chi connectivity index (χ0) is 48.8. The first-order chi connectivity index (χ1) is 31.9. The number of nitrogens with zero attached hydrogens (tertiary/aromatic N) is 1. The van der Waals surface area contributed by atoms with Crippen LogP contribution in [0.3, 0.4) is 0 Å². The van der Waals surface area contributed by atoms with Crippen molar-refractivity contribution in [1.82, 2.24) is 31.9 Å². The number of phenols is 2. The number of carboxylic acid groups (broad SMARTS) is 1. The Labute approximate surface area is 385 Å². The number of carbonyl (C=O) groups excluding carboxylic acids is 6. The lowest BCUT2D eigenvalue weighted by molar-refractivity contribution is -0.134. The molecular weight excluding hydrogens is 863 g/mol. The second-order valence-electron chi connectivity index (χ2n) is 16.2. The van der Waals surface area contributed by atoms with Crippen molar-refractivity contribution in [3.8, 4) is 22.6 Å². The van der Waals surface area contributed by atoms with Gasteiger partial charge in [0.15, 0.2) is 5.96 Å². The monoisotopic (exact) mass is 917 g/mol. The van der Waals surface area contributed by atoms with Crippen LogP contribution in [0.2, 0.25) is 0 Å². The minimum Gasteiger partial charge on any atom is -0.508 e. The van der Waals surface area contributed by atoms with Crippen molar-refractivity contribution in [3.63, 3.8) is 0 Å². The molecule has 352 valence electrons. The van der Waals surface area contributed by atoms with Crippen molar-refractivity contribution >= 4 is 68.9 Å². The van der Waals surface area contributed by atoms with Crippen LogP contribution in [0.5, 0.6) is 11.5 Å². The number of hydrogen-bond donors (Lipinski definition) is 11. The van der Waals surface area contributed by atoms with Gasteiger partial charge in [0.1, 0.15) is 29.6 Å². The van der Waals surface area contributed by atoms with Crippen molar-refractivity contribution in [3.05, 3.63) is 108 Å². The molecule has 0 fully saturated rings. The van der Waals surface area contributed by atoms with E-state index in [0.717, 1.165) is 0 Å². The van der Waals surface area contributed by atoms with Gasteiger partial charge in [0, 0.05) is 25.6 Å². The van der Waals surface area contributed by atoms with Gasteiger partial charge in [-0.1, -0.05) is 62.4 Å². The maximum absolute atomic E-state index is 13.9. The quantitative estimate of drug-likeness (QED) is 0.0218. The molecule has 0 bridgehead atoms. The van der Waals surface area contributed by atoms with Crippen LogP contribution in [0.1, 0.15) is 59.4 Å². The summed E-state index contributed by atoms with van der Waals surface area (Å²) in [5.74, 6) is -5.61. The number of benzene rings is 5. The highest BCUT2D eigenvalue weighted by atomic mass is 16.4. The zero-order valence-corrected chi connectivity index (χ0v) is 37.2. The van der Waals surface area contributed by atoms with Crippen molar-refractivity contribution in [2.24, 2.45) is 22.4 Å². The summed E-state index contributed by atoms with van der Waals surface area (Å²) in [5.41, 5.74) is 11.9. The maximum Gasteiger partial charge on any atom is 0.336 e. The lowest BCUT2D eigenvalue weighted by atomic mass is 9.88. The van der Waals surface area contributed by atoms with Crippen molar-refractivity contribution in [2.45, 2.75) is 57.7 Å². The number of guanidine groups is 1. The van der Waals surface area contributed by atoms with Crippen LogP contribution in [0.25, 0.3) is 32.7 Å². The van der Waals surface area contributed by atoms with E-state index in [-0.39, 0.29) is 65.9 Å².